The second kappa shape index (κ2) is 5.02. The van der Waals surface area contributed by atoms with Crippen LogP contribution in [0.4, 0.5) is 0 Å². The van der Waals surface area contributed by atoms with E-state index in [9.17, 15) is 4.79 Å². The van der Waals surface area contributed by atoms with E-state index >= 15 is 0 Å². The number of amides is 1. The maximum Gasteiger partial charge on any atom is 0.234 e. The number of carbonyl (C=O) groups is 1. The SMILES string of the molecule is C[C@H](NCC1CC=CCC1)C(N)=O. The third kappa shape index (κ3) is 3.59. The summed E-state index contributed by atoms with van der Waals surface area (Å²) in [6.45, 7) is 2.70. The first-order valence-electron chi connectivity index (χ1n) is 4.88. The fourth-order valence-corrected chi connectivity index (χ4v) is 1.49. The molecule has 0 fully saturated rings. The van der Waals surface area contributed by atoms with Gasteiger partial charge in [-0.15, -0.1) is 0 Å². The predicted molar refractivity (Wildman–Crippen MR) is 53.1 cm³/mol. The molecule has 0 aromatic heterocycles. The summed E-state index contributed by atoms with van der Waals surface area (Å²) in [5, 5.41) is 3.14. The number of allylic oxidation sites excluding steroid dienone is 2. The summed E-state index contributed by atoms with van der Waals surface area (Å²) < 4.78 is 0. The second-order valence-electron chi connectivity index (χ2n) is 3.68. The normalized spacial score (nSPS) is 24.2. The van der Waals surface area contributed by atoms with E-state index in [0.29, 0.717) is 5.92 Å². The number of nitrogens with one attached hydrogen (secondary N) is 1. The van der Waals surface area contributed by atoms with Gasteiger partial charge in [0.25, 0.3) is 0 Å². The van der Waals surface area contributed by atoms with Gasteiger partial charge in [0.1, 0.15) is 0 Å². The predicted octanol–water partition coefficient (Wildman–Crippen LogP) is 0.806. The van der Waals surface area contributed by atoms with Crippen molar-refractivity contribution in [3.8, 4) is 0 Å². The van der Waals surface area contributed by atoms with E-state index in [-0.39, 0.29) is 11.9 Å². The molecule has 3 N–H and O–H groups in total. The van der Waals surface area contributed by atoms with E-state index < -0.39 is 0 Å². The topological polar surface area (TPSA) is 55.1 Å². The van der Waals surface area contributed by atoms with E-state index in [4.69, 9.17) is 5.73 Å². The standard InChI is InChI=1S/C10H18N2O/c1-8(10(11)13)12-7-9-5-3-2-4-6-9/h2-3,8-9,12H,4-7H2,1H3,(H2,11,13)/t8-,9?/m0/s1. The van der Waals surface area contributed by atoms with Crippen LogP contribution >= 0.6 is 0 Å². The molecule has 0 aromatic rings. The van der Waals surface area contributed by atoms with Gasteiger partial charge in [0.2, 0.25) is 5.91 Å². The Balaban J connectivity index is 2.18. The zero-order valence-electron chi connectivity index (χ0n) is 8.12. The summed E-state index contributed by atoms with van der Waals surface area (Å²) in [6, 6.07) is -0.203. The highest BCUT2D eigenvalue weighted by molar-refractivity contribution is 5.79. The van der Waals surface area contributed by atoms with Gasteiger partial charge in [-0.1, -0.05) is 12.2 Å². The van der Waals surface area contributed by atoms with Crippen molar-refractivity contribution in [1.82, 2.24) is 5.32 Å². The molecule has 1 aliphatic rings. The summed E-state index contributed by atoms with van der Waals surface area (Å²) in [5.41, 5.74) is 5.14. The van der Waals surface area contributed by atoms with E-state index in [1.54, 1.807) is 6.92 Å². The molecule has 3 nitrogen and oxygen atoms in total. The van der Waals surface area contributed by atoms with Gasteiger partial charge in [-0.05, 0) is 38.6 Å². The number of carbonyl (C=O) groups excluding carboxylic acids is 1. The van der Waals surface area contributed by atoms with Crippen LogP contribution in [0.25, 0.3) is 0 Å². The van der Waals surface area contributed by atoms with Gasteiger partial charge in [0.15, 0.2) is 0 Å². The van der Waals surface area contributed by atoms with Crippen molar-refractivity contribution < 1.29 is 4.79 Å². The summed E-state index contributed by atoms with van der Waals surface area (Å²) in [6.07, 6.45) is 7.93. The van der Waals surface area contributed by atoms with Gasteiger partial charge in [0, 0.05) is 0 Å². The molecule has 13 heavy (non-hydrogen) atoms. The Morgan fingerprint density at radius 2 is 2.46 bits per heavy atom. The first-order valence-corrected chi connectivity index (χ1v) is 4.88. The number of rotatable bonds is 4. The number of primary amides is 1. The van der Waals surface area contributed by atoms with Crippen LogP contribution in [-0.2, 0) is 4.79 Å². The lowest BCUT2D eigenvalue weighted by Crippen LogP contribution is -2.41. The molecule has 74 valence electrons. The van der Waals surface area contributed by atoms with E-state index in [1.807, 2.05) is 0 Å². The van der Waals surface area contributed by atoms with Crippen molar-refractivity contribution in [3.63, 3.8) is 0 Å². The molecular formula is C10H18N2O. The average molecular weight is 182 g/mol. The minimum absolute atomic E-state index is 0.203. The van der Waals surface area contributed by atoms with Crippen molar-refractivity contribution in [2.75, 3.05) is 6.54 Å². The molecule has 0 saturated carbocycles. The maximum absolute atomic E-state index is 10.7. The molecule has 0 aliphatic heterocycles. The summed E-state index contributed by atoms with van der Waals surface area (Å²) in [4.78, 5) is 10.7. The Morgan fingerprint density at radius 1 is 1.69 bits per heavy atom. The fraction of sp³-hybridized carbons (Fsp3) is 0.700. The van der Waals surface area contributed by atoms with Crippen molar-refractivity contribution >= 4 is 5.91 Å². The highest BCUT2D eigenvalue weighted by atomic mass is 16.1. The Kier molecular flexibility index (Phi) is 3.96. The van der Waals surface area contributed by atoms with Crippen molar-refractivity contribution in [2.45, 2.75) is 32.2 Å². The molecule has 1 unspecified atom stereocenters. The molecule has 0 saturated heterocycles. The van der Waals surface area contributed by atoms with Crippen LogP contribution in [0.5, 0.6) is 0 Å². The largest absolute Gasteiger partial charge is 0.368 e. The van der Waals surface area contributed by atoms with E-state index in [0.717, 1.165) is 19.4 Å². The number of hydrogen-bond acceptors (Lipinski definition) is 2. The first kappa shape index (κ1) is 10.3. The summed E-state index contributed by atoms with van der Waals surface area (Å²) >= 11 is 0. The summed E-state index contributed by atoms with van der Waals surface area (Å²) in [7, 11) is 0. The van der Waals surface area contributed by atoms with Gasteiger partial charge in [0.05, 0.1) is 6.04 Å². The Hall–Kier alpha value is -0.830. The lowest BCUT2D eigenvalue weighted by molar-refractivity contribution is -0.119. The van der Waals surface area contributed by atoms with Gasteiger partial charge in [-0.2, -0.15) is 0 Å². The minimum atomic E-state index is -0.272. The van der Waals surface area contributed by atoms with Crippen molar-refractivity contribution in [3.05, 3.63) is 12.2 Å². The fourth-order valence-electron chi connectivity index (χ4n) is 1.49. The smallest absolute Gasteiger partial charge is 0.234 e. The molecule has 2 atom stereocenters. The highest BCUT2D eigenvalue weighted by Crippen LogP contribution is 2.16. The molecule has 0 radical (unpaired) electrons. The number of nitrogens with two attached hydrogens (primary N) is 1. The van der Waals surface area contributed by atoms with Gasteiger partial charge < -0.3 is 11.1 Å². The van der Waals surface area contributed by atoms with Crippen LogP contribution in [0.3, 0.4) is 0 Å². The monoisotopic (exact) mass is 182 g/mol. The van der Waals surface area contributed by atoms with E-state index in [1.165, 1.54) is 6.42 Å². The molecule has 0 heterocycles. The first-order chi connectivity index (χ1) is 6.20. The zero-order valence-corrected chi connectivity index (χ0v) is 8.12. The molecule has 1 aliphatic carbocycles. The molecular weight excluding hydrogens is 164 g/mol. The van der Waals surface area contributed by atoms with E-state index in [2.05, 4.69) is 17.5 Å². The Labute approximate surface area is 79.4 Å². The lowest BCUT2D eigenvalue weighted by atomic mass is 9.94. The third-order valence-electron chi connectivity index (χ3n) is 2.52. The van der Waals surface area contributed by atoms with Gasteiger partial charge in [-0.25, -0.2) is 0 Å². The Bertz CT molecular complexity index is 201. The van der Waals surface area contributed by atoms with Crippen LogP contribution in [-0.4, -0.2) is 18.5 Å². The maximum atomic E-state index is 10.7. The van der Waals surface area contributed by atoms with Crippen LogP contribution in [0.1, 0.15) is 26.2 Å². The lowest BCUT2D eigenvalue weighted by Gasteiger charge is -2.19. The third-order valence-corrected chi connectivity index (χ3v) is 2.52. The number of hydrogen-bond donors (Lipinski definition) is 2. The Morgan fingerprint density at radius 3 is 3.00 bits per heavy atom. The van der Waals surface area contributed by atoms with Gasteiger partial charge in [-0.3, -0.25) is 4.79 Å². The minimum Gasteiger partial charge on any atom is -0.368 e. The molecule has 0 bridgehead atoms. The highest BCUT2D eigenvalue weighted by Gasteiger charge is 2.13. The molecule has 1 rings (SSSR count). The average Bonchev–Trinajstić information content (AvgIpc) is 2.15. The molecule has 3 heteroatoms. The van der Waals surface area contributed by atoms with Crippen LogP contribution in [0, 0.1) is 5.92 Å². The second-order valence-corrected chi connectivity index (χ2v) is 3.68. The van der Waals surface area contributed by atoms with Crippen molar-refractivity contribution in [2.24, 2.45) is 11.7 Å². The van der Waals surface area contributed by atoms with Crippen molar-refractivity contribution in [1.29, 1.82) is 0 Å². The zero-order chi connectivity index (χ0) is 9.68. The molecule has 1 amide bonds. The quantitative estimate of drug-likeness (QED) is 0.632. The van der Waals surface area contributed by atoms with Crippen LogP contribution in [0.2, 0.25) is 0 Å². The van der Waals surface area contributed by atoms with Crippen LogP contribution < -0.4 is 11.1 Å². The molecule has 0 aromatic carbocycles. The van der Waals surface area contributed by atoms with Gasteiger partial charge >= 0.3 is 0 Å². The van der Waals surface area contributed by atoms with Crippen LogP contribution in [0.15, 0.2) is 12.2 Å². The molecule has 0 spiro atoms. The summed E-state index contributed by atoms with van der Waals surface area (Å²) in [5.74, 6) is 0.401.